The summed E-state index contributed by atoms with van der Waals surface area (Å²) < 4.78 is 55.9. The summed E-state index contributed by atoms with van der Waals surface area (Å²) in [5.74, 6) is -1.91. The number of oxime groups is 1. The quantitative estimate of drug-likeness (QED) is 0.0657. The molecule has 2 N–H and O–H groups in total. The molecule has 0 aromatic heterocycles. The lowest BCUT2D eigenvalue weighted by molar-refractivity contribution is -0.258. The predicted molar refractivity (Wildman–Crippen MR) is 230 cm³/mol. The number of aliphatic hydroxyl groups is 2. The minimum atomic E-state index is -1.44. The second kappa shape index (κ2) is 20.3. The molecule has 5 aliphatic rings. The number of hydrogen-bond acceptors (Lipinski definition) is 9. The fraction of sp³-hybridized carbons (Fsp3) is 0.520. The monoisotopic (exact) mass is 854 g/mol. The number of benzene rings is 3. The number of fused-ring (bicyclic) bond motifs is 2. The minimum absolute atomic E-state index is 0.0115. The number of nitrogens with zero attached hydrogens (tertiary/aromatic N) is 2. The van der Waals surface area contributed by atoms with E-state index in [9.17, 15) is 23.8 Å². The summed E-state index contributed by atoms with van der Waals surface area (Å²) in [4.78, 5) is 22.9. The highest BCUT2D eigenvalue weighted by atomic mass is 19.1. The van der Waals surface area contributed by atoms with Crippen LogP contribution in [0, 0.1) is 35.3 Å². The second-order valence-electron chi connectivity index (χ2n) is 17.4. The standard InChI is InChI=1S/C50H60F2N2O8/c1-2-26-60-50-45(54(49(57)34-18-19-34)31-33-16-20-37(51)21-17-33)30-43(53-62-46-15-7-10-27-58-46)40-28-35(11-5-8-24-55)39(13-6-9-25-56)47(48(40)50)41-29-38(22-23-44(41)61-50)59-32-36-12-3-4-14-42(36)52/h2-4,12,14,16-17,20-23,28-29,34-35,39,45-48,55-56H,1,5-11,13,15,18-19,24-27,30-32H2/t35-,39+,45-,46?,47+,48+,50+/m0/s1. The van der Waals surface area contributed by atoms with Gasteiger partial charge in [-0.2, -0.15) is 0 Å². The van der Waals surface area contributed by atoms with Gasteiger partial charge < -0.3 is 38.9 Å². The molecule has 3 aromatic rings. The SMILES string of the molecule is C=CCO[C@@]12Oc3ccc(OCc4ccccc4F)cc3[C@H]3[C@H](CCCCO)[C@@H](CCCCO)C=C(C(=NOC4CCCCO4)C[C@@H]1N(Cc1ccc(F)cc1)C(=O)C1CC1)[C@H]32. The molecule has 332 valence electrons. The summed E-state index contributed by atoms with van der Waals surface area (Å²) in [5, 5.41) is 24.9. The fourth-order valence-corrected chi connectivity index (χ4v) is 10.1. The largest absolute Gasteiger partial charge is 0.489 e. The van der Waals surface area contributed by atoms with E-state index in [2.05, 4.69) is 12.7 Å². The average Bonchev–Trinajstić information content (AvgIpc) is 4.15. The third-order valence-corrected chi connectivity index (χ3v) is 13.3. The molecule has 3 aromatic carbocycles. The summed E-state index contributed by atoms with van der Waals surface area (Å²) in [6, 6.07) is 17.8. The van der Waals surface area contributed by atoms with Crippen molar-refractivity contribution >= 4 is 11.6 Å². The number of aliphatic hydroxyl groups excluding tert-OH is 2. The smallest absolute Gasteiger partial charge is 0.239 e. The molecule has 7 atom stereocenters. The summed E-state index contributed by atoms with van der Waals surface area (Å²) >= 11 is 0. The van der Waals surface area contributed by atoms with E-state index in [0.29, 0.717) is 48.6 Å². The Labute approximate surface area is 363 Å². The van der Waals surface area contributed by atoms with Crippen molar-refractivity contribution < 1.29 is 47.6 Å². The van der Waals surface area contributed by atoms with Crippen LogP contribution in [-0.4, -0.2) is 71.3 Å². The van der Waals surface area contributed by atoms with Gasteiger partial charge in [-0.1, -0.05) is 60.5 Å². The van der Waals surface area contributed by atoms with Gasteiger partial charge >= 0.3 is 0 Å². The number of allylic oxidation sites excluding steroid dienone is 1. The van der Waals surface area contributed by atoms with Crippen molar-refractivity contribution in [1.82, 2.24) is 4.90 Å². The highest BCUT2D eigenvalue weighted by Gasteiger charge is 2.66. The van der Waals surface area contributed by atoms with Crippen LogP contribution in [0.3, 0.4) is 0 Å². The molecule has 2 heterocycles. The number of rotatable bonds is 20. The zero-order valence-electron chi connectivity index (χ0n) is 35.5. The van der Waals surface area contributed by atoms with Gasteiger partial charge in [0.1, 0.15) is 35.8 Å². The highest BCUT2D eigenvalue weighted by molar-refractivity contribution is 6.03. The maximum atomic E-state index is 14.8. The van der Waals surface area contributed by atoms with E-state index >= 15 is 0 Å². The van der Waals surface area contributed by atoms with Gasteiger partial charge in [0.2, 0.25) is 18.0 Å². The zero-order chi connectivity index (χ0) is 43.1. The van der Waals surface area contributed by atoms with Crippen LogP contribution in [0.5, 0.6) is 11.5 Å². The van der Waals surface area contributed by atoms with E-state index in [1.54, 1.807) is 36.4 Å². The maximum Gasteiger partial charge on any atom is 0.239 e. The highest BCUT2D eigenvalue weighted by Crippen LogP contribution is 2.62. The van der Waals surface area contributed by atoms with Crippen molar-refractivity contribution in [1.29, 1.82) is 0 Å². The second-order valence-corrected chi connectivity index (χ2v) is 17.4. The van der Waals surface area contributed by atoms with Gasteiger partial charge in [-0.05, 0) is 111 Å². The van der Waals surface area contributed by atoms with Crippen LogP contribution in [0.15, 0.2) is 96.2 Å². The number of carbonyl (C=O) groups excluding carboxylic acids is 1. The molecule has 1 unspecified atom stereocenters. The van der Waals surface area contributed by atoms with Gasteiger partial charge in [-0.15, -0.1) is 6.58 Å². The Hall–Kier alpha value is -4.62. The first-order chi connectivity index (χ1) is 30.3. The average molecular weight is 855 g/mol. The van der Waals surface area contributed by atoms with Crippen molar-refractivity contribution in [2.75, 3.05) is 26.4 Å². The van der Waals surface area contributed by atoms with Crippen LogP contribution in [0.25, 0.3) is 0 Å². The van der Waals surface area contributed by atoms with Gasteiger partial charge in [-0.3, -0.25) is 4.79 Å². The third-order valence-electron chi connectivity index (χ3n) is 13.3. The van der Waals surface area contributed by atoms with Gasteiger partial charge in [-0.25, -0.2) is 8.78 Å². The molecule has 3 fully saturated rings. The molecule has 8 rings (SSSR count). The first kappa shape index (κ1) is 44.0. The zero-order valence-corrected chi connectivity index (χ0v) is 35.5. The van der Waals surface area contributed by atoms with E-state index in [1.807, 2.05) is 23.1 Å². The molecular weight excluding hydrogens is 795 g/mol. The third kappa shape index (κ3) is 9.63. The van der Waals surface area contributed by atoms with Crippen molar-refractivity contribution in [2.24, 2.45) is 28.8 Å². The molecule has 62 heavy (non-hydrogen) atoms. The summed E-state index contributed by atoms with van der Waals surface area (Å²) in [7, 11) is 0. The van der Waals surface area contributed by atoms with Crippen LogP contribution in [0.4, 0.5) is 8.78 Å². The van der Waals surface area contributed by atoms with E-state index < -0.39 is 24.0 Å². The Kier molecular flexibility index (Phi) is 14.4. The van der Waals surface area contributed by atoms with E-state index in [1.165, 1.54) is 18.2 Å². The van der Waals surface area contributed by atoms with E-state index in [4.69, 9.17) is 28.9 Å². The molecule has 10 nitrogen and oxygen atoms in total. The number of amides is 1. The Morgan fingerprint density at radius 2 is 1.76 bits per heavy atom. The molecular formula is C50H60F2N2O8. The Morgan fingerprint density at radius 1 is 0.968 bits per heavy atom. The van der Waals surface area contributed by atoms with E-state index in [-0.39, 0.29) is 80.6 Å². The minimum Gasteiger partial charge on any atom is -0.489 e. The van der Waals surface area contributed by atoms with E-state index in [0.717, 1.165) is 68.1 Å². The first-order valence-electron chi connectivity index (χ1n) is 22.6. The lowest BCUT2D eigenvalue weighted by Gasteiger charge is -2.60. The number of hydrogen-bond donors (Lipinski definition) is 2. The summed E-state index contributed by atoms with van der Waals surface area (Å²) in [5.41, 5.74) is 3.71. The maximum absolute atomic E-state index is 14.8. The summed E-state index contributed by atoms with van der Waals surface area (Å²) in [6.07, 6.45) is 12.3. The molecule has 12 heteroatoms. The Bertz CT molecular complexity index is 2070. The van der Waals surface area contributed by atoms with Gasteiger partial charge in [0, 0.05) is 55.6 Å². The molecule has 0 bridgehead atoms. The van der Waals surface area contributed by atoms with Gasteiger partial charge in [0.05, 0.1) is 24.8 Å². The lowest BCUT2D eigenvalue weighted by Crippen LogP contribution is -2.70. The van der Waals surface area contributed by atoms with Crippen molar-refractivity contribution in [3.8, 4) is 11.5 Å². The topological polar surface area (TPSA) is 119 Å². The number of carbonyl (C=O) groups is 1. The van der Waals surface area contributed by atoms with Crippen molar-refractivity contribution in [3.05, 3.63) is 119 Å². The number of halogens is 2. The molecule has 2 aliphatic heterocycles. The van der Waals surface area contributed by atoms with Gasteiger partial charge in [0.15, 0.2) is 0 Å². The lowest BCUT2D eigenvalue weighted by atomic mass is 9.55. The number of unbranched alkanes of at least 4 members (excludes halogenated alkanes) is 2. The molecule has 0 radical (unpaired) electrons. The first-order valence-corrected chi connectivity index (χ1v) is 22.6. The van der Waals surface area contributed by atoms with Crippen LogP contribution < -0.4 is 9.47 Å². The van der Waals surface area contributed by atoms with Crippen LogP contribution in [0.1, 0.15) is 99.7 Å². The fourth-order valence-electron chi connectivity index (χ4n) is 10.1. The Balaban J connectivity index is 1.31. The molecule has 1 amide bonds. The molecule has 0 spiro atoms. The van der Waals surface area contributed by atoms with Crippen LogP contribution in [0.2, 0.25) is 0 Å². The number of ether oxygens (including phenoxy) is 4. The normalized spacial score (nSPS) is 27.0. The van der Waals surface area contributed by atoms with Crippen molar-refractivity contribution in [3.63, 3.8) is 0 Å². The molecule has 1 saturated heterocycles. The van der Waals surface area contributed by atoms with Crippen LogP contribution in [-0.2, 0) is 32.3 Å². The van der Waals surface area contributed by atoms with Gasteiger partial charge in [0.25, 0.3) is 0 Å². The molecule has 3 aliphatic carbocycles. The molecule has 2 saturated carbocycles. The van der Waals surface area contributed by atoms with Crippen molar-refractivity contribution in [2.45, 2.75) is 114 Å². The Morgan fingerprint density at radius 3 is 2.48 bits per heavy atom. The predicted octanol–water partition coefficient (Wildman–Crippen LogP) is 9.14. The summed E-state index contributed by atoms with van der Waals surface area (Å²) in [6.45, 7) is 5.13. The van der Waals surface area contributed by atoms with Crippen LogP contribution >= 0.6 is 0 Å².